The van der Waals surface area contributed by atoms with E-state index < -0.39 is 15.7 Å². The maximum atomic E-state index is 12.4. The Morgan fingerprint density at radius 3 is 2.67 bits per heavy atom. The highest BCUT2D eigenvalue weighted by atomic mass is 79.9. The summed E-state index contributed by atoms with van der Waals surface area (Å²) in [6.45, 7) is 0. The standard InChI is InChI=1S/C13H10BrClN2O3S/c14-8-4-5-13(11(16)6-8)21(20)7-9-10(15)2-1-3-12(9)17(18)19/h1-6H,7,16H2. The number of nitrogens with two attached hydrogens (primary N) is 1. The van der Waals surface area contributed by atoms with Crippen LogP contribution in [0.5, 0.6) is 0 Å². The van der Waals surface area contributed by atoms with Gasteiger partial charge in [0.25, 0.3) is 5.69 Å². The first-order chi connectivity index (χ1) is 9.90. The van der Waals surface area contributed by atoms with Gasteiger partial charge in [-0.3, -0.25) is 14.3 Å². The van der Waals surface area contributed by atoms with E-state index in [0.29, 0.717) is 10.6 Å². The number of nitrogens with zero attached hydrogens (tertiary/aromatic N) is 1. The molecule has 0 amide bonds. The van der Waals surface area contributed by atoms with E-state index in [0.717, 1.165) is 4.47 Å². The third kappa shape index (κ3) is 3.61. The lowest BCUT2D eigenvalue weighted by molar-refractivity contribution is -0.385. The fourth-order valence-electron chi connectivity index (χ4n) is 1.80. The average molecular weight is 390 g/mol. The van der Waals surface area contributed by atoms with Crippen LogP contribution in [-0.2, 0) is 16.6 Å². The summed E-state index contributed by atoms with van der Waals surface area (Å²) in [4.78, 5) is 10.9. The zero-order valence-corrected chi connectivity index (χ0v) is 13.7. The topological polar surface area (TPSA) is 86.2 Å². The predicted octanol–water partition coefficient (Wildman–Crippen LogP) is 3.90. The van der Waals surface area contributed by atoms with Crippen LogP contribution in [0.15, 0.2) is 45.8 Å². The molecule has 0 aliphatic rings. The molecule has 2 aromatic rings. The van der Waals surface area contributed by atoms with Crippen molar-refractivity contribution in [3.8, 4) is 0 Å². The van der Waals surface area contributed by atoms with Crippen LogP contribution in [0.1, 0.15) is 5.56 Å². The van der Waals surface area contributed by atoms with Gasteiger partial charge in [0, 0.05) is 16.2 Å². The average Bonchev–Trinajstić information content (AvgIpc) is 2.40. The lowest BCUT2D eigenvalue weighted by Gasteiger charge is -2.08. The molecule has 8 heteroatoms. The number of hydrogen-bond acceptors (Lipinski definition) is 4. The molecule has 5 nitrogen and oxygen atoms in total. The van der Waals surface area contributed by atoms with Gasteiger partial charge in [-0.15, -0.1) is 0 Å². The number of hydrogen-bond donors (Lipinski definition) is 1. The van der Waals surface area contributed by atoms with Crippen molar-refractivity contribution in [2.75, 3.05) is 5.73 Å². The SMILES string of the molecule is Nc1cc(Br)ccc1S(=O)Cc1c(Cl)cccc1[N+](=O)[O-]. The van der Waals surface area contributed by atoms with Crippen molar-refractivity contribution in [2.45, 2.75) is 10.6 Å². The molecule has 21 heavy (non-hydrogen) atoms. The molecule has 0 radical (unpaired) electrons. The van der Waals surface area contributed by atoms with Crippen molar-refractivity contribution in [3.05, 3.63) is 61.6 Å². The van der Waals surface area contributed by atoms with E-state index in [9.17, 15) is 14.3 Å². The van der Waals surface area contributed by atoms with Crippen molar-refractivity contribution >= 4 is 49.7 Å². The van der Waals surface area contributed by atoms with Crippen molar-refractivity contribution in [3.63, 3.8) is 0 Å². The minimum absolute atomic E-state index is 0.0676. The molecule has 0 aliphatic heterocycles. The van der Waals surface area contributed by atoms with E-state index in [1.807, 2.05) is 0 Å². The molecule has 0 fully saturated rings. The molecule has 0 bridgehead atoms. The van der Waals surface area contributed by atoms with Gasteiger partial charge in [0.15, 0.2) is 0 Å². The van der Waals surface area contributed by atoms with Crippen LogP contribution < -0.4 is 5.73 Å². The third-order valence-corrected chi connectivity index (χ3v) is 5.04. The minimum atomic E-state index is -1.53. The molecule has 2 rings (SSSR count). The summed E-state index contributed by atoms with van der Waals surface area (Å²) in [6.07, 6.45) is 0. The van der Waals surface area contributed by atoms with Crippen LogP contribution in [0.3, 0.4) is 0 Å². The van der Waals surface area contributed by atoms with Crippen LogP contribution in [0, 0.1) is 10.1 Å². The molecule has 0 aromatic heterocycles. The largest absolute Gasteiger partial charge is 0.398 e. The van der Waals surface area contributed by atoms with Gasteiger partial charge in [0.05, 0.1) is 37.0 Å². The molecule has 1 atom stereocenters. The van der Waals surface area contributed by atoms with Crippen LogP contribution >= 0.6 is 27.5 Å². The number of nitro groups is 1. The monoisotopic (exact) mass is 388 g/mol. The normalized spacial score (nSPS) is 12.1. The second-order valence-electron chi connectivity index (χ2n) is 4.17. The van der Waals surface area contributed by atoms with Crippen molar-refractivity contribution in [1.29, 1.82) is 0 Å². The third-order valence-electron chi connectivity index (χ3n) is 2.78. The first-order valence-electron chi connectivity index (χ1n) is 5.75. The van der Waals surface area contributed by atoms with Gasteiger partial charge < -0.3 is 5.73 Å². The Bertz CT molecular complexity index is 739. The molecule has 110 valence electrons. The van der Waals surface area contributed by atoms with E-state index in [-0.39, 0.29) is 22.0 Å². The highest BCUT2D eigenvalue weighted by molar-refractivity contribution is 9.10. The van der Waals surface area contributed by atoms with Gasteiger partial charge in [0.1, 0.15) is 0 Å². The molecule has 0 aliphatic carbocycles. The Morgan fingerprint density at radius 2 is 2.05 bits per heavy atom. The quantitative estimate of drug-likeness (QED) is 0.488. The number of rotatable bonds is 4. The predicted molar refractivity (Wildman–Crippen MR) is 86.8 cm³/mol. The molecule has 0 spiro atoms. The fraction of sp³-hybridized carbons (Fsp3) is 0.0769. The lowest BCUT2D eigenvalue weighted by atomic mass is 10.2. The maximum Gasteiger partial charge on any atom is 0.275 e. The minimum Gasteiger partial charge on any atom is -0.398 e. The van der Waals surface area contributed by atoms with Crippen LogP contribution in [0.2, 0.25) is 5.02 Å². The Kier molecular flexibility index (Phi) is 4.97. The Balaban J connectivity index is 2.38. The van der Waals surface area contributed by atoms with Gasteiger partial charge in [-0.05, 0) is 24.3 Å². The number of anilines is 1. The second-order valence-corrected chi connectivity index (χ2v) is 6.91. The first kappa shape index (κ1) is 15.9. The highest BCUT2D eigenvalue weighted by Crippen LogP contribution is 2.30. The summed E-state index contributed by atoms with van der Waals surface area (Å²) in [5.74, 6) is -0.0676. The maximum absolute atomic E-state index is 12.4. The first-order valence-corrected chi connectivity index (χ1v) is 8.24. The van der Waals surface area contributed by atoms with E-state index in [1.165, 1.54) is 18.2 Å². The van der Waals surface area contributed by atoms with Gasteiger partial charge >= 0.3 is 0 Å². The van der Waals surface area contributed by atoms with Crippen molar-refractivity contribution in [2.24, 2.45) is 0 Å². The number of benzene rings is 2. The summed E-state index contributed by atoms with van der Waals surface area (Å²) in [7, 11) is -1.53. The molecule has 0 heterocycles. The molecule has 2 aromatic carbocycles. The summed E-state index contributed by atoms with van der Waals surface area (Å²) in [5, 5.41) is 11.2. The summed E-state index contributed by atoms with van der Waals surface area (Å²) >= 11 is 9.26. The molecule has 1 unspecified atom stereocenters. The zero-order valence-electron chi connectivity index (χ0n) is 10.6. The Labute approximate surface area is 136 Å². The van der Waals surface area contributed by atoms with Crippen LogP contribution in [-0.4, -0.2) is 9.13 Å². The van der Waals surface area contributed by atoms with Gasteiger partial charge in [-0.2, -0.15) is 0 Å². The molecule has 0 saturated heterocycles. The summed E-state index contributed by atoms with van der Waals surface area (Å²) < 4.78 is 13.2. The van der Waals surface area contributed by atoms with Gasteiger partial charge in [0.2, 0.25) is 0 Å². The zero-order chi connectivity index (χ0) is 15.6. The van der Waals surface area contributed by atoms with Crippen molar-refractivity contribution in [1.82, 2.24) is 0 Å². The fourth-order valence-corrected chi connectivity index (χ4v) is 3.75. The molecular formula is C13H10BrClN2O3S. The second kappa shape index (κ2) is 6.55. The molecular weight excluding hydrogens is 380 g/mol. The van der Waals surface area contributed by atoms with E-state index in [4.69, 9.17) is 17.3 Å². The van der Waals surface area contributed by atoms with Crippen molar-refractivity contribution < 1.29 is 9.13 Å². The van der Waals surface area contributed by atoms with Gasteiger partial charge in [-0.25, -0.2) is 0 Å². The van der Waals surface area contributed by atoms with E-state index >= 15 is 0 Å². The highest BCUT2D eigenvalue weighted by Gasteiger charge is 2.20. The van der Waals surface area contributed by atoms with Gasteiger partial charge in [-0.1, -0.05) is 33.6 Å². The Hall–Kier alpha value is -1.44. The summed E-state index contributed by atoms with van der Waals surface area (Å²) in [5.41, 5.74) is 6.27. The van der Waals surface area contributed by atoms with E-state index in [1.54, 1.807) is 18.2 Å². The van der Waals surface area contributed by atoms with Crippen LogP contribution in [0.4, 0.5) is 11.4 Å². The smallest absolute Gasteiger partial charge is 0.275 e. The molecule has 0 saturated carbocycles. The number of nitrogen functional groups attached to an aromatic ring is 1. The number of nitro benzene ring substituents is 1. The Morgan fingerprint density at radius 1 is 1.33 bits per heavy atom. The number of halogens is 2. The van der Waals surface area contributed by atoms with Crippen LogP contribution in [0.25, 0.3) is 0 Å². The molecule has 2 N–H and O–H groups in total. The van der Waals surface area contributed by atoms with E-state index in [2.05, 4.69) is 15.9 Å². The summed E-state index contributed by atoms with van der Waals surface area (Å²) in [6, 6.07) is 9.33. The lowest BCUT2D eigenvalue weighted by Crippen LogP contribution is -2.04.